The third-order valence-corrected chi connectivity index (χ3v) is 4.57. The lowest BCUT2D eigenvalue weighted by molar-refractivity contribution is 0.802. The van der Waals surface area contributed by atoms with Crippen LogP contribution in [0.4, 0.5) is 0 Å². The summed E-state index contributed by atoms with van der Waals surface area (Å²) in [5.41, 5.74) is 0.934. The summed E-state index contributed by atoms with van der Waals surface area (Å²) in [5.74, 6) is 0. The van der Waals surface area contributed by atoms with Crippen LogP contribution in [0.3, 0.4) is 0 Å². The molecule has 0 aliphatic rings. The van der Waals surface area contributed by atoms with Crippen molar-refractivity contribution in [3.05, 3.63) is 73.6 Å². The number of H-pyrrole nitrogens is 2. The molecule has 2 aromatic heterocycles. The van der Waals surface area contributed by atoms with Crippen LogP contribution in [-0.4, -0.2) is 19.1 Å². The number of fused-ring (bicyclic) bond motifs is 2. The summed E-state index contributed by atoms with van der Waals surface area (Å²) in [5, 5.41) is 2.24. The van der Waals surface area contributed by atoms with Gasteiger partial charge in [-0.1, -0.05) is 42.5 Å². The van der Waals surface area contributed by atoms with Gasteiger partial charge in [0.15, 0.2) is 10.3 Å². The van der Waals surface area contributed by atoms with Crippen molar-refractivity contribution in [1.29, 1.82) is 0 Å². The summed E-state index contributed by atoms with van der Waals surface area (Å²) in [6.45, 7) is 0.446. The number of nitrogens with one attached hydrogen (secondary N) is 2. The minimum atomic E-state index is -0.471. The largest absolute Gasteiger partial charge is 0.329 e. The normalized spacial score (nSPS) is 11.4. The van der Waals surface area contributed by atoms with E-state index in [9.17, 15) is 9.59 Å². The molecule has 0 amide bonds. The highest BCUT2D eigenvalue weighted by molar-refractivity contribution is 7.71. The zero-order chi connectivity index (χ0) is 16.8. The van der Waals surface area contributed by atoms with E-state index >= 15 is 0 Å². The minimum Gasteiger partial charge on any atom is -0.316 e. The number of imidazole rings is 1. The molecule has 0 unspecified atom stereocenters. The van der Waals surface area contributed by atoms with Crippen LogP contribution in [0.1, 0.15) is 5.56 Å². The van der Waals surface area contributed by atoms with Gasteiger partial charge in [0.25, 0.3) is 5.56 Å². The van der Waals surface area contributed by atoms with Gasteiger partial charge in [-0.2, -0.15) is 0 Å². The van der Waals surface area contributed by atoms with E-state index < -0.39 is 11.2 Å². The lowest BCUT2D eigenvalue weighted by Crippen LogP contribution is -2.29. The zero-order valence-corrected chi connectivity index (χ0v) is 13.7. The average molecular weight is 338 g/mol. The summed E-state index contributed by atoms with van der Waals surface area (Å²) in [6.07, 6.45) is 0. The molecule has 0 saturated carbocycles. The first-order valence-electron chi connectivity index (χ1n) is 7.45. The molecule has 0 radical (unpaired) electrons. The van der Waals surface area contributed by atoms with Crippen molar-refractivity contribution in [2.75, 3.05) is 0 Å². The van der Waals surface area contributed by atoms with Crippen molar-refractivity contribution in [1.82, 2.24) is 19.1 Å². The molecule has 2 aromatic carbocycles. The van der Waals surface area contributed by atoms with Crippen molar-refractivity contribution in [2.45, 2.75) is 6.54 Å². The second-order valence-electron chi connectivity index (χ2n) is 5.67. The van der Waals surface area contributed by atoms with Gasteiger partial charge < -0.3 is 9.55 Å². The number of nitrogens with zero attached hydrogens (tertiary/aromatic N) is 2. The van der Waals surface area contributed by atoms with Gasteiger partial charge in [-0.15, -0.1) is 0 Å². The predicted molar refractivity (Wildman–Crippen MR) is 96.0 cm³/mol. The summed E-state index contributed by atoms with van der Waals surface area (Å²) in [7, 11) is 1.59. The average Bonchev–Trinajstić information content (AvgIpc) is 2.90. The molecule has 2 heterocycles. The lowest BCUT2D eigenvalue weighted by atomic mass is 10.0. The SMILES string of the molecule is Cn1c(=O)[nH]c(=O)c2c1[nH]c(=S)n2Cc1cccc2ccccc12. The maximum Gasteiger partial charge on any atom is 0.329 e. The van der Waals surface area contributed by atoms with Crippen LogP contribution in [0.15, 0.2) is 52.1 Å². The molecular weight excluding hydrogens is 324 g/mol. The molecule has 7 heteroatoms. The molecule has 4 rings (SSSR count). The molecule has 24 heavy (non-hydrogen) atoms. The highest BCUT2D eigenvalue weighted by Gasteiger charge is 2.13. The van der Waals surface area contributed by atoms with Crippen LogP contribution in [0, 0.1) is 4.77 Å². The smallest absolute Gasteiger partial charge is 0.316 e. The van der Waals surface area contributed by atoms with Crippen LogP contribution < -0.4 is 11.2 Å². The topological polar surface area (TPSA) is 75.6 Å². The van der Waals surface area contributed by atoms with Gasteiger partial charge in [0.1, 0.15) is 5.65 Å². The Morgan fingerprint density at radius 2 is 1.79 bits per heavy atom. The second-order valence-corrected chi connectivity index (χ2v) is 6.06. The van der Waals surface area contributed by atoms with E-state index in [1.807, 2.05) is 42.5 Å². The highest BCUT2D eigenvalue weighted by Crippen LogP contribution is 2.20. The molecule has 6 nitrogen and oxygen atoms in total. The van der Waals surface area contributed by atoms with Crippen LogP contribution in [-0.2, 0) is 13.6 Å². The fourth-order valence-corrected chi connectivity index (χ4v) is 3.28. The highest BCUT2D eigenvalue weighted by atomic mass is 32.1. The van der Waals surface area contributed by atoms with Gasteiger partial charge in [0.2, 0.25) is 0 Å². The Morgan fingerprint density at radius 3 is 2.62 bits per heavy atom. The Labute approximate surface area is 141 Å². The van der Waals surface area contributed by atoms with Gasteiger partial charge in [0, 0.05) is 7.05 Å². The maximum absolute atomic E-state index is 12.3. The Morgan fingerprint density at radius 1 is 1.04 bits per heavy atom. The number of hydrogen-bond acceptors (Lipinski definition) is 3. The third kappa shape index (κ3) is 2.13. The molecule has 0 fully saturated rings. The molecule has 120 valence electrons. The predicted octanol–water partition coefficient (Wildman–Crippen LogP) is 2.29. The van der Waals surface area contributed by atoms with Crippen LogP contribution >= 0.6 is 12.2 Å². The first-order valence-corrected chi connectivity index (χ1v) is 7.85. The van der Waals surface area contributed by atoms with Crippen molar-refractivity contribution >= 4 is 34.2 Å². The third-order valence-electron chi connectivity index (χ3n) is 4.25. The molecule has 0 aliphatic heterocycles. The molecule has 0 saturated heterocycles. The van der Waals surface area contributed by atoms with E-state index in [1.54, 1.807) is 11.6 Å². The van der Waals surface area contributed by atoms with Crippen molar-refractivity contribution in [3.63, 3.8) is 0 Å². The monoisotopic (exact) mass is 338 g/mol. The number of rotatable bonds is 2. The van der Waals surface area contributed by atoms with E-state index in [2.05, 4.69) is 9.97 Å². The van der Waals surface area contributed by atoms with E-state index in [4.69, 9.17) is 12.2 Å². The molecule has 0 spiro atoms. The summed E-state index contributed by atoms with van der Waals surface area (Å²) < 4.78 is 3.49. The summed E-state index contributed by atoms with van der Waals surface area (Å²) in [6, 6.07) is 14.1. The van der Waals surface area contributed by atoms with Crippen LogP contribution in [0.25, 0.3) is 21.9 Å². The molecule has 2 N–H and O–H groups in total. The number of aryl methyl sites for hydroxylation is 1. The van der Waals surface area contributed by atoms with E-state index in [1.165, 1.54) is 4.57 Å². The molecule has 4 aromatic rings. The van der Waals surface area contributed by atoms with E-state index in [0.717, 1.165) is 16.3 Å². The first kappa shape index (κ1) is 14.6. The molecule has 0 atom stereocenters. The van der Waals surface area contributed by atoms with Crippen molar-refractivity contribution in [3.8, 4) is 0 Å². The standard InChI is InChI=1S/C17H14N4O2S/c1-20-14-13(15(22)19-16(20)23)21(17(24)18-14)9-11-7-4-6-10-5-2-3-8-12(10)11/h2-8H,9H2,1H3,(H,18,24)(H,19,22,23). The summed E-state index contributed by atoms with van der Waals surface area (Å²) in [4.78, 5) is 29.3. The number of benzene rings is 2. The maximum atomic E-state index is 12.3. The van der Waals surface area contributed by atoms with Gasteiger partial charge in [0.05, 0.1) is 6.54 Å². The van der Waals surface area contributed by atoms with E-state index in [-0.39, 0.29) is 0 Å². The van der Waals surface area contributed by atoms with Gasteiger partial charge in [-0.3, -0.25) is 14.3 Å². The Kier molecular flexibility index (Phi) is 3.24. The molecule has 0 aliphatic carbocycles. The Balaban J connectivity index is 2.00. The van der Waals surface area contributed by atoms with Crippen molar-refractivity contribution < 1.29 is 0 Å². The zero-order valence-electron chi connectivity index (χ0n) is 12.9. The Hall–Kier alpha value is -2.93. The summed E-state index contributed by atoms with van der Waals surface area (Å²) >= 11 is 5.38. The van der Waals surface area contributed by atoms with Crippen LogP contribution in [0.2, 0.25) is 0 Å². The first-order chi connectivity index (χ1) is 11.6. The van der Waals surface area contributed by atoms with Gasteiger partial charge in [-0.05, 0) is 28.6 Å². The van der Waals surface area contributed by atoms with Gasteiger partial charge >= 0.3 is 5.69 Å². The second kappa shape index (κ2) is 5.31. The Bertz CT molecular complexity index is 1250. The number of aromatic amines is 2. The number of aromatic nitrogens is 4. The minimum absolute atomic E-state index is 0.370. The van der Waals surface area contributed by atoms with Crippen LogP contribution in [0.5, 0.6) is 0 Å². The number of hydrogen-bond donors (Lipinski definition) is 2. The molecular formula is C17H14N4O2S. The van der Waals surface area contributed by atoms with Gasteiger partial charge in [-0.25, -0.2) is 4.79 Å². The quantitative estimate of drug-likeness (QED) is 0.551. The fourth-order valence-electron chi connectivity index (χ4n) is 3.02. The molecule has 0 bridgehead atoms. The van der Waals surface area contributed by atoms with Crippen molar-refractivity contribution in [2.24, 2.45) is 7.05 Å². The lowest BCUT2D eigenvalue weighted by Gasteiger charge is -2.08. The fraction of sp³-hybridized carbons (Fsp3) is 0.118. The van der Waals surface area contributed by atoms with E-state index in [0.29, 0.717) is 22.5 Å².